The molecule has 1 saturated heterocycles. The lowest BCUT2D eigenvalue weighted by Crippen LogP contribution is -2.62. The van der Waals surface area contributed by atoms with Crippen LogP contribution in [0.25, 0.3) is 10.9 Å². The van der Waals surface area contributed by atoms with E-state index >= 15 is 0 Å². The molecule has 0 unspecified atom stereocenters. The standard InChI is InChI=1S/C24H28N4O7S2/c1-35-24(30)21(14-17-15-25-20-11-7-6-10-19(17)20)26-23(29)22-16-27(36(2,31)32)12-13-28(22)37(33,34)18-8-4-3-5-9-18/h3-11,15,21-22,25H,12-14,16H2,1-2H3,(H,26,29)/t21-,22-/m1/s1. The maximum absolute atomic E-state index is 13.5. The van der Waals surface area contributed by atoms with Crippen molar-refractivity contribution < 1.29 is 31.2 Å². The van der Waals surface area contributed by atoms with Crippen molar-refractivity contribution in [3.05, 3.63) is 66.4 Å². The molecule has 4 rings (SSSR count). The van der Waals surface area contributed by atoms with Crippen molar-refractivity contribution in [3.8, 4) is 0 Å². The summed E-state index contributed by atoms with van der Waals surface area (Å²) in [5, 5.41) is 3.47. The van der Waals surface area contributed by atoms with Crippen molar-refractivity contribution in [2.75, 3.05) is 33.0 Å². The molecule has 11 nitrogen and oxygen atoms in total. The van der Waals surface area contributed by atoms with Crippen LogP contribution in [0.1, 0.15) is 5.56 Å². The molecule has 2 aromatic carbocycles. The van der Waals surface area contributed by atoms with Gasteiger partial charge in [-0.25, -0.2) is 21.6 Å². The zero-order valence-electron chi connectivity index (χ0n) is 20.3. The molecule has 1 fully saturated rings. The Bertz CT molecular complexity index is 1500. The normalized spacial score (nSPS) is 18.4. The molecule has 1 aliphatic rings. The Morgan fingerprint density at radius 2 is 1.73 bits per heavy atom. The number of aromatic nitrogens is 1. The van der Waals surface area contributed by atoms with Crippen molar-refractivity contribution in [2.45, 2.75) is 23.4 Å². The number of methoxy groups -OCH3 is 1. The Kier molecular flexibility index (Phi) is 7.69. The maximum atomic E-state index is 13.5. The number of rotatable bonds is 8. The average molecular weight is 549 g/mol. The van der Waals surface area contributed by atoms with Crippen LogP contribution in [0.2, 0.25) is 0 Å². The summed E-state index contributed by atoms with van der Waals surface area (Å²) in [6, 6.07) is 12.5. The van der Waals surface area contributed by atoms with E-state index in [0.29, 0.717) is 0 Å². The molecule has 37 heavy (non-hydrogen) atoms. The number of aromatic amines is 1. The van der Waals surface area contributed by atoms with Crippen LogP contribution in [-0.4, -0.2) is 87.4 Å². The first-order chi connectivity index (χ1) is 17.5. The van der Waals surface area contributed by atoms with E-state index in [-0.39, 0.29) is 24.4 Å². The van der Waals surface area contributed by atoms with Gasteiger partial charge in [0, 0.05) is 43.2 Å². The van der Waals surface area contributed by atoms with Crippen molar-refractivity contribution in [1.82, 2.24) is 18.9 Å². The number of benzene rings is 2. The fourth-order valence-electron chi connectivity index (χ4n) is 4.40. The minimum Gasteiger partial charge on any atom is -0.467 e. The van der Waals surface area contributed by atoms with Crippen molar-refractivity contribution >= 4 is 42.8 Å². The molecule has 0 spiro atoms. The highest BCUT2D eigenvalue weighted by atomic mass is 32.2. The second-order valence-electron chi connectivity index (χ2n) is 8.71. The highest BCUT2D eigenvalue weighted by Gasteiger charge is 2.43. The predicted molar refractivity (Wildman–Crippen MR) is 136 cm³/mol. The molecule has 0 bridgehead atoms. The summed E-state index contributed by atoms with van der Waals surface area (Å²) in [5.41, 5.74) is 1.60. The van der Waals surface area contributed by atoms with Gasteiger partial charge in [-0.1, -0.05) is 36.4 Å². The van der Waals surface area contributed by atoms with Gasteiger partial charge in [-0.05, 0) is 23.8 Å². The third kappa shape index (κ3) is 5.69. The Labute approximate surface area is 215 Å². The molecule has 1 amide bonds. The van der Waals surface area contributed by atoms with E-state index in [9.17, 15) is 26.4 Å². The number of amides is 1. The van der Waals surface area contributed by atoms with Crippen molar-refractivity contribution in [2.24, 2.45) is 0 Å². The minimum absolute atomic E-state index is 0.0242. The van der Waals surface area contributed by atoms with Gasteiger partial charge in [0.2, 0.25) is 26.0 Å². The van der Waals surface area contributed by atoms with Crippen LogP contribution < -0.4 is 5.32 Å². The number of carbonyl (C=O) groups excluding carboxylic acids is 2. The van der Waals surface area contributed by atoms with E-state index in [4.69, 9.17) is 4.74 Å². The smallest absolute Gasteiger partial charge is 0.328 e. The summed E-state index contributed by atoms with van der Waals surface area (Å²) in [7, 11) is -6.65. The van der Waals surface area contributed by atoms with Crippen LogP contribution in [0.4, 0.5) is 0 Å². The Balaban J connectivity index is 1.65. The molecular formula is C24H28N4O7S2. The molecule has 3 aromatic rings. The third-order valence-electron chi connectivity index (χ3n) is 6.32. The van der Waals surface area contributed by atoms with Crippen LogP contribution >= 0.6 is 0 Å². The van der Waals surface area contributed by atoms with E-state index in [1.54, 1.807) is 24.4 Å². The lowest BCUT2D eigenvalue weighted by molar-refractivity contribution is -0.145. The maximum Gasteiger partial charge on any atom is 0.328 e. The van der Waals surface area contributed by atoms with E-state index in [1.165, 1.54) is 19.2 Å². The summed E-state index contributed by atoms with van der Waals surface area (Å²) < 4.78 is 58.3. The zero-order chi connectivity index (χ0) is 26.8. The molecule has 2 N–H and O–H groups in total. The van der Waals surface area contributed by atoms with Gasteiger partial charge in [-0.15, -0.1) is 0 Å². The number of para-hydroxylation sites is 1. The highest BCUT2D eigenvalue weighted by molar-refractivity contribution is 7.89. The molecule has 2 atom stereocenters. The second kappa shape index (κ2) is 10.6. The van der Waals surface area contributed by atoms with Gasteiger partial charge < -0.3 is 15.0 Å². The summed E-state index contributed by atoms with van der Waals surface area (Å²) in [4.78, 5) is 29.2. The SMILES string of the molecule is COC(=O)[C@@H](Cc1c[nH]c2ccccc12)NC(=O)[C@H]1CN(S(C)(=O)=O)CCN1S(=O)(=O)c1ccccc1. The molecule has 1 aliphatic heterocycles. The van der Waals surface area contributed by atoms with Gasteiger partial charge >= 0.3 is 5.97 Å². The Morgan fingerprint density at radius 3 is 2.41 bits per heavy atom. The number of nitrogens with one attached hydrogen (secondary N) is 2. The van der Waals surface area contributed by atoms with Gasteiger partial charge in [0.15, 0.2) is 0 Å². The second-order valence-corrected chi connectivity index (χ2v) is 12.6. The summed E-state index contributed by atoms with van der Waals surface area (Å²) >= 11 is 0. The van der Waals surface area contributed by atoms with Crippen LogP contribution in [0.3, 0.4) is 0 Å². The Morgan fingerprint density at radius 1 is 1.05 bits per heavy atom. The number of fused-ring (bicyclic) bond motifs is 1. The van der Waals surface area contributed by atoms with Crippen LogP contribution in [0, 0.1) is 0 Å². The van der Waals surface area contributed by atoms with E-state index in [0.717, 1.165) is 31.3 Å². The first-order valence-corrected chi connectivity index (χ1v) is 14.8. The number of carbonyl (C=O) groups is 2. The lowest BCUT2D eigenvalue weighted by Gasteiger charge is -2.38. The summed E-state index contributed by atoms with van der Waals surface area (Å²) in [6.07, 6.45) is 2.80. The number of esters is 1. The molecule has 0 radical (unpaired) electrons. The topological polar surface area (TPSA) is 146 Å². The average Bonchev–Trinajstić information content (AvgIpc) is 3.30. The lowest BCUT2D eigenvalue weighted by atomic mass is 10.0. The third-order valence-corrected chi connectivity index (χ3v) is 9.51. The van der Waals surface area contributed by atoms with Crippen molar-refractivity contribution in [1.29, 1.82) is 0 Å². The molecule has 0 saturated carbocycles. The van der Waals surface area contributed by atoms with Gasteiger partial charge in [0.25, 0.3) is 0 Å². The number of piperazine rings is 1. The molecule has 13 heteroatoms. The largest absolute Gasteiger partial charge is 0.467 e. The summed E-state index contributed by atoms with van der Waals surface area (Å²) in [5.74, 6) is -1.52. The van der Waals surface area contributed by atoms with Gasteiger partial charge in [-0.2, -0.15) is 8.61 Å². The van der Waals surface area contributed by atoms with E-state index < -0.39 is 50.6 Å². The number of hydrogen-bond donors (Lipinski definition) is 2. The van der Waals surface area contributed by atoms with E-state index in [1.807, 2.05) is 24.3 Å². The van der Waals surface area contributed by atoms with Gasteiger partial charge in [0.1, 0.15) is 12.1 Å². The van der Waals surface area contributed by atoms with Crippen LogP contribution in [0.5, 0.6) is 0 Å². The predicted octanol–water partition coefficient (Wildman–Crippen LogP) is 0.703. The van der Waals surface area contributed by atoms with Crippen molar-refractivity contribution in [3.63, 3.8) is 0 Å². The zero-order valence-corrected chi connectivity index (χ0v) is 22.0. The first kappa shape index (κ1) is 26.8. The fourth-order valence-corrected chi connectivity index (χ4v) is 6.81. The summed E-state index contributed by atoms with van der Waals surface area (Å²) in [6.45, 7) is -0.726. The highest BCUT2D eigenvalue weighted by Crippen LogP contribution is 2.24. The molecule has 1 aromatic heterocycles. The number of ether oxygens (including phenoxy) is 1. The molecular weight excluding hydrogens is 520 g/mol. The quantitative estimate of drug-likeness (QED) is 0.394. The van der Waals surface area contributed by atoms with Crippen LogP contribution in [0.15, 0.2) is 65.7 Å². The molecule has 0 aliphatic carbocycles. The fraction of sp³-hybridized carbons (Fsp3) is 0.333. The van der Waals surface area contributed by atoms with E-state index in [2.05, 4.69) is 10.3 Å². The number of nitrogens with zero attached hydrogens (tertiary/aromatic N) is 2. The van der Waals surface area contributed by atoms with Gasteiger partial charge in [0.05, 0.1) is 18.3 Å². The number of hydrogen-bond acceptors (Lipinski definition) is 7. The Hall–Kier alpha value is -3.26. The van der Waals surface area contributed by atoms with Gasteiger partial charge in [-0.3, -0.25) is 4.79 Å². The molecule has 198 valence electrons. The number of H-pyrrole nitrogens is 1. The first-order valence-electron chi connectivity index (χ1n) is 11.5. The minimum atomic E-state index is -4.14. The monoisotopic (exact) mass is 548 g/mol. The molecule has 2 heterocycles. The number of sulfonamides is 2. The van der Waals surface area contributed by atoms with Crippen LogP contribution in [-0.2, 0) is 40.8 Å².